The van der Waals surface area contributed by atoms with Crippen LogP contribution in [0.4, 0.5) is 5.69 Å². The molecule has 1 aromatic carbocycles. The lowest BCUT2D eigenvalue weighted by atomic mass is 9.67. The number of para-hydroxylation sites is 1. The first-order chi connectivity index (χ1) is 10.4. The van der Waals surface area contributed by atoms with E-state index in [4.69, 9.17) is 0 Å². The minimum atomic E-state index is -0.854. The van der Waals surface area contributed by atoms with E-state index in [1.165, 1.54) is 5.01 Å². The Kier molecular flexibility index (Phi) is 3.22. The van der Waals surface area contributed by atoms with Gasteiger partial charge in [0.2, 0.25) is 0 Å². The number of aliphatic hydroxyl groups excluding tert-OH is 1. The van der Waals surface area contributed by atoms with Gasteiger partial charge in [-0.15, -0.1) is 0 Å². The van der Waals surface area contributed by atoms with E-state index in [1.807, 2.05) is 44.2 Å². The van der Waals surface area contributed by atoms with E-state index in [0.717, 1.165) is 0 Å². The summed E-state index contributed by atoms with van der Waals surface area (Å²) in [6, 6.07) is 11.3. The first kappa shape index (κ1) is 14.6. The summed E-state index contributed by atoms with van der Waals surface area (Å²) in [5, 5.41) is 21.1. The van der Waals surface area contributed by atoms with Gasteiger partial charge < -0.3 is 5.11 Å². The minimum absolute atomic E-state index is 0.187. The van der Waals surface area contributed by atoms with Crippen LogP contribution in [0.2, 0.25) is 0 Å². The lowest BCUT2D eigenvalue weighted by molar-refractivity contribution is -0.119. The Balaban J connectivity index is 2.05. The number of nitrogens with one attached hydrogen (secondary N) is 1. The van der Waals surface area contributed by atoms with E-state index in [0.29, 0.717) is 18.5 Å². The van der Waals surface area contributed by atoms with Crippen molar-refractivity contribution in [2.75, 3.05) is 5.01 Å². The van der Waals surface area contributed by atoms with Crippen molar-refractivity contribution >= 4 is 11.6 Å². The largest absolute Gasteiger partial charge is 0.513 e. The lowest BCUT2D eigenvalue weighted by Gasteiger charge is -2.40. The van der Waals surface area contributed by atoms with E-state index >= 15 is 0 Å². The van der Waals surface area contributed by atoms with Crippen molar-refractivity contribution in [3.05, 3.63) is 42.2 Å². The van der Waals surface area contributed by atoms with Crippen LogP contribution in [0.3, 0.4) is 0 Å². The van der Waals surface area contributed by atoms with Gasteiger partial charge in [0.25, 0.3) is 5.91 Å². The van der Waals surface area contributed by atoms with Gasteiger partial charge in [0.05, 0.1) is 23.1 Å². The van der Waals surface area contributed by atoms with Gasteiger partial charge in [-0.25, -0.2) is 10.4 Å². The first-order valence-corrected chi connectivity index (χ1v) is 7.34. The summed E-state index contributed by atoms with van der Waals surface area (Å²) in [6.07, 6.45) is 2.80. The Morgan fingerprint density at radius 2 is 2.05 bits per heavy atom. The Hall–Kier alpha value is -2.32. The molecule has 1 aliphatic carbocycles. The van der Waals surface area contributed by atoms with Gasteiger partial charge in [-0.05, 0) is 30.0 Å². The Morgan fingerprint density at radius 3 is 2.64 bits per heavy atom. The van der Waals surface area contributed by atoms with Crippen molar-refractivity contribution < 1.29 is 9.90 Å². The monoisotopic (exact) mass is 297 g/mol. The number of amides is 1. The minimum Gasteiger partial charge on any atom is -0.513 e. The Morgan fingerprint density at radius 1 is 1.36 bits per heavy atom. The molecule has 2 atom stereocenters. The number of hydrazine groups is 1. The number of aliphatic hydroxyl groups is 1. The fraction of sp³-hybridized carbons (Fsp3) is 0.412. The number of carbonyl (C=O) groups is 1. The quantitative estimate of drug-likeness (QED) is 0.835. The number of nitrogens with zero attached hydrogens (tertiary/aromatic N) is 2. The molecule has 2 unspecified atom stereocenters. The number of hydrogen-bond donors (Lipinski definition) is 2. The topological polar surface area (TPSA) is 76.4 Å². The fourth-order valence-electron chi connectivity index (χ4n) is 3.62. The number of hydrogen-bond acceptors (Lipinski definition) is 4. The Labute approximate surface area is 129 Å². The molecule has 1 spiro atoms. The van der Waals surface area contributed by atoms with Gasteiger partial charge in [-0.3, -0.25) is 4.79 Å². The predicted molar refractivity (Wildman–Crippen MR) is 82.6 cm³/mol. The van der Waals surface area contributed by atoms with Crippen molar-refractivity contribution in [1.82, 2.24) is 5.43 Å². The number of rotatable bonds is 1. The summed E-state index contributed by atoms with van der Waals surface area (Å²) < 4.78 is 0. The van der Waals surface area contributed by atoms with Crippen LogP contribution in [0.5, 0.6) is 0 Å². The maximum absolute atomic E-state index is 12.7. The number of anilines is 1. The molecule has 0 radical (unpaired) electrons. The van der Waals surface area contributed by atoms with E-state index in [9.17, 15) is 15.2 Å². The highest BCUT2D eigenvalue weighted by atomic mass is 16.3. The van der Waals surface area contributed by atoms with E-state index in [-0.39, 0.29) is 17.1 Å². The average Bonchev–Trinajstić information content (AvgIpc) is 2.69. The molecule has 5 heteroatoms. The summed E-state index contributed by atoms with van der Waals surface area (Å²) in [7, 11) is 0. The molecular formula is C17H19N3O2. The zero-order valence-corrected chi connectivity index (χ0v) is 12.7. The van der Waals surface area contributed by atoms with Gasteiger partial charge in [-0.1, -0.05) is 32.0 Å². The molecule has 1 saturated heterocycles. The van der Waals surface area contributed by atoms with Gasteiger partial charge >= 0.3 is 0 Å². The van der Waals surface area contributed by atoms with E-state index < -0.39 is 11.5 Å². The molecule has 0 bridgehead atoms. The van der Waals surface area contributed by atoms with Gasteiger partial charge in [0.15, 0.2) is 5.92 Å². The van der Waals surface area contributed by atoms with E-state index in [2.05, 4.69) is 11.5 Å². The zero-order valence-electron chi connectivity index (χ0n) is 12.7. The third-order valence-electron chi connectivity index (χ3n) is 4.30. The molecule has 1 fully saturated rings. The van der Waals surface area contributed by atoms with Crippen molar-refractivity contribution in [2.45, 2.75) is 32.2 Å². The molecule has 22 heavy (non-hydrogen) atoms. The van der Waals surface area contributed by atoms with Crippen LogP contribution < -0.4 is 10.4 Å². The smallest absolute Gasteiger partial charge is 0.261 e. The highest BCUT2D eigenvalue weighted by Gasteiger charge is 2.55. The van der Waals surface area contributed by atoms with Gasteiger partial charge in [-0.2, -0.15) is 5.26 Å². The molecule has 2 N–H and O–H groups in total. The van der Waals surface area contributed by atoms with Crippen molar-refractivity contribution in [3.8, 4) is 6.07 Å². The summed E-state index contributed by atoms with van der Waals surface area (Å²) in [6.45, 7) is 4.06. The molecular weight excluding hydrogens is 278 g/mol. The van der Waals surface area contributed by atoms with Crippen LogP contribution in [0.15, 0.2) is 42.2 Å². The second-order valence-corrected chi connectivity index (χ2v) is 6.88. The lowest BCUT2D eigenvalue weighted by Crippen LogP contribution is -2.51. The number of nitriles is 1. The van der Waals surface area contributed by atoms with Crippen molar-refractivity contribution in [2.24, 2.45) is 11.3 Å². The predicted octanol–water partition coefficient (Wildman–Crippen LogP) is 2.68. The van der Waals surface area contributed by atoms with Crippen LogP contribution in [0.1, 0.15) is 26.7 Å². The SMILES string of the molecule is CC1(C)CC(O)=CC2(C1)NN(c1ccccc1)C(=O)C2C#N. The normalized spacial score (nSPS) is 30.2. The number of benzene rings is 1. The standard InChI is InChI=1S/C17H19N3O2/c1-16(2)8-13(21)9-17(11-16)14(10-18)15(22)20(19-17)12-6-4-3-5-7-12/h3-7,9,14,19,21H,8,11H2,1-2H3. The maximum atomic E-state index is 12.7. The third-order valence-corrected chi connectivity index (χ3v) is 4.30. The molecule has 1 heterocycles. The first-order valence-electron chi connectivity index (χ1n) is 7.34. The number of allylic oxidation sites excluding steroid dienone is 1. The highest BCUT2D eigenvalue weighted by molar-refractivity contribution is 5.99. The van der Waals surface area contributed by atoms with Crippen molar-refractivity contribution in [1.29, 1.82) is 5.26 Å². The average molecular weight is 297 g/mol. The third kappa shape index (κ3) is 2.26. The summed E-state index contributed by atoms with van der Waals surface area (Å²) in [5.41, 5.74) is 2.84. The highest BCUT2D eigenvalue weighted by Crippen LogP contribution is 2.46. The van der Waals surface area contributed by atoms with Crippen LogP contribution >= 0.6 is 0 Å². The number of carbonyl (C=O) groups excluding carboxylic acids is 1. The van der Waals surface area contributed by atoms with Crippen molar-refractivity contribution in [3.63, 3.8) is 0 Å². The summed E-state index contributed by atoms with van der Waals surface area (Å²) in [4.78, 5) is 12.7. The maximum Gasteiger partial charge on any atom is 0.261 e. The summed E-state index contributed by atoms with van der Waals surface area (Å²) >= 11 is 0. The second-order valence-electron chi connectivity index (χ2n) is 6.88. The molecule has 114 valence electrons. The molecule has 1 aliphatic heterocycles. The van der Waals surface area contributed by atoms with Crippen LogP contribution in [0.25, 0.3) is 0 Å². The summed E-state index contributed by atoms with van der Waals surface area (Å²) in [5.74, 6) is -0.906. The van der Waals surface area contributed by atoms with Gasteiger partial charge in [0.1, 0.15) is 0 Å². The molecule has 0 aromatic heterocycles. The Bertz CT molecular complexity index is 675. The fourth-order valence-corrected chi connectivity index (χ4v) is 3.62. The molecule has 5 nitrogen and oxygen atoms in total. The molecule has 2 aliphatic rings. The molecule has 3 rings (SSSR count). The van der Waals surface area contributed by atoms with Crippen LogP contribution in [0, 0.1) is 22.7 Å². The second kappa shape index (κ2) is 4.85. The molecule has 1 amide bonds. The van der Waals surface area contributed by atoms with E-state index in [1.54, 1.807) is 6.08 Å². The van der Waals surface area contributed by atoms with Crippen LogP contribution in [-0.4, -0.2) is 16.6 Å². The van der Waals surface area contributed by atoms with Gasteiger partial charge in [0, 0.05) is 6.42 Å². The molecule has 1 aromatic rings. The molecule has 0 saturated carbocycles. The zero-order chi connectivity index (χ0) is 16.0. The van der Waals surface area contributed by atoms with Crippen LogP contribution in [-0.2, 0) is 4.79 Å².